The van der Waals surface area contributed by atoms with Crippen LogP contribution in [0.25, 0.3) is 0 Å². The fraction of sp³-hybridized carbons (Fsp3) is 0.778. The Morgan fingerprint density at radius 3 is 2.37 bits per heavy atom. The van der Waals surface area contributed by atoms with E-state index in [2.05, 4.69) is 0 Å². The van der Waals surface area contributed by atoms with Gasteiger partial charge in [-0.05, 0) is 37.7 Å². The van der Waals surface area contributed by atoms with Gasteiger partial charge in [0.05, 0.1) is 38.5 Å². The lowest BCUT2D eigenvalue weighted by molar-refractivity contribution is -0.355. The first-order chi connectivity index (χ1) is 19.1. The van der Waals surface area contributed by atoms with Crippen molar-refractivity contribution in [2.45, 2.75) is 100 Å². The summed E-state index contributed by atoms with van der Waals surface area (Å²) < 4.78 is 21.6. The molecule has 2 saturated carbocycles. The molecular weight excluding hydrogens is 548 g/mol. The highest BCUT2D eigenvalue weighted by atomic mass is 16.7. The van der Waals surface area contributed by atoms with Crippen LogP contribution < -0.4 is 0 Å². The number of carboxylic acid groups (broad SMARTS) is 1. The molecule has 12 atom stereocenters. The van der Waals surface area contributed by atoms with E-state index in [1.165, 1.54) is 32.4 Å². The average Bonchev–Trinajstić information content (AvgIpc) is 3.48. The minimum atomic E-state index is -2.60. The molecule has 14 nitrogen and oxygen atoms in total. The Morgan fingerprint density at radius 2 is 1.80 bits per heavy atom. The lowest BCUT2D eigenvalue weighted by Crippen LogP contribution is -2.76. The van der Waals surface area contributed by atoms with E-state index in [-0.39, 0.29) is 25.7 Å². The Bertz CT molecular complexity index is 1090. The Labute approximate surface area is 236 Å². The molecule has 3 fully saturated rings. The number of fused-ring (bicyclic) bond motifs is 1. The fourth-order valence-electron chi connectivity index (χ4n) is 7.54. The number of rotatable bonds is 8. The predicted octanol–water partition coefficient (Wildman–Crippen LogP) is -1.18. The summed E-state index contributed by atoms with van der Waals surface area (Å²) in [5.74, 6) is -3.67. The molecule has 1 aliphatic heterocycles. The molecule has 4 rings (SSSR count). The van der Waals surface area contributed by atoms with Crippen molar-refractivity contribution in [3.8, 4) is 0 Å². The summed E-state index contributed by atoms with van der Waals surface area (Å²) in [6, 6.07) is 1.49. The van der Waals surface area contributed by atoms with Gasteiger partial charge >= 0.3 is 11.9 Å². The van der Waals surface area contributed by atoms with Crippen LogP contribution in [0, 0.1) is 16.7 Å². The third-order valence-electron chi connectivity index (χ3n) is 10.1. The largest absolute Gasteiger partial charge is 0.479 e. The molecule has 1 saturated heterocycles. The van der Waals surface area contributed by atoms with Gasteiger partial charge in [0.1, 0.15) is 24.4 Å². The highest BCUT2D eigenvalue weighted by Crippen LogP contribution is 2.67. The second-order valence-corrected chi connectivity index (χ2v) is 12.0. The normalized spacial score (nSPS) is 45.5. The van der Waals surface area contributed by atoms with Gasteiger partial charge < -0.3 is 59.5 Å². The zero-order valence-electron chi connectivity index (χ0n) is 23.1. The molecule has 0 spiro atoms. The van der Waals surface area contributed by atoms with Crippen LogP contribution >= 0.6 is 0 Å². The smallest absolute Gasteiger partial charge is 0.338 e. The van der Waals surface area contributed by atoms with Gasteiger partial charge in [-0.3, -0.25) is 0 Å². The SMILES string of the molecule is COC(=O)[C@@]1(O)CCC[C@@H]2[C@]1(C)[C@@H](O[C@@H]1O[C@H](CO)[C@@H](O)[C@H](O)[C@H]1O)C[C@@](O)(C(=O)O)[C@@]2(C)C[C@H](O)c1ccoc1. The van der Waals surface area contributed by atoms with Crippen molar-refractivity contribution >= 4 is 11.9 Å². The zero-order chi connectivity index (χ0) is 30.5. The number of aliphatic hydroxyl groups excluding tert-OH is 5. The number of hydrogen-bond acceptors (Lipinski definition) is 13. The Balaban J connectivity index is 1.85. The second-order valence-electron chi connectivity index (χ2n) is 12.0. The second kappa shape index (κ2) is 11.2. The van der Waals surface area contributed by atoms with Crippen molar-refractivity contribution < 1.29 is 69.1 Å². The van der Waals surface area contributed by atoms with Crippen molar-refractivity contribution in [2.75, 3.05) is 13.7 Å². The average molecular weight is 589 g/mol. The molecule has 3 aliphatic rings. The number of esters is 1. The third kappa shape index (κ3) is 4.69. The Morgan fingerprint density at radius 1 is 1.12 bits per heavy atom. The summed E-state index contributed by atoms with van der Waals surface area (Å²) in [4.78, 5) is 26.0. The van der Waals surface area contributed by atoms with E-state index < -0.39 is 95.8 Å². The standard InChI is InChI=1S/C27H40O14/c1-24(9-14(29)13-6-8-39-12-13)16-5-4-7-26(36,23(35)38-3)25(16,2)17(10-27(24,37)22(33)34)41-21-20(32)19(31)18(30)15(11-28)40-21/h6,8,12,14-21,28-32,36-37H,4-5,7,9-11H2,1-3H3,(H,33,34)/t14-,15+,16-,17-,18+,19-,20+,21-,24-,25+,26-,27+/m0/s1. The molecule has 41 heavy (non-hydrogen) atoms. The van der Waals surface area contributed by atoms with Gasteiger partial charge in [0, 0.05) is 22.8 Å². The number of furan rings is 1. The molecular formula is C27H40O14. The molecule has 0 amide bonds. The molecule has 2 aliphatic carbocycles. The molecule has 0 bridgehead atoms. The molecule has 0 aromatic carbocycles. The van der Waals surface area contributed by atoms with Gasteiger partial charge in [-0.1, -0.05) is 13.8 Å². The highest BCUT2D eigenvalue weighted by molar-refractivity contribution is 5.82. The van der Waals surface area contributed by atoms with Gasteiger partial charge in [-0.2, -0.15) is 0 Å². The number of carboxylic acids is 1. The van der Waals surface area contributed by atoms with Gasteiger partial charge in [-0.15, -0.1) is 0 Å². The summed E-state index contributed by atoms with van der Waals surface area (Å²) in [7, 11) is 1.08. The number of ether oxygens (including phenoxy) is 3. The van der Waals surface area contributed by atoms with Gasteiger partial charge in [-0.25, -0.2) is 9.59 Å². The van der Waals surface area contributed by atoms with Crippen LogP contribution in [0.1, 0.15) is 57.6 Å². The molecule has 1 aromatic heterocycles. The van der Waals surface area contributed by atoms with Crippen molar-refractivity contribution in [3.63, 3.8) is 0 Å². The monoisotopic (exact) mass is 588 g/mol. The molecule has 14 heteroatoms. The number of aliphatic hydroxyl groups is 7. The molecule has 0 radical (unpaired) electrons. The summed E-state index contributed by atoms with van der Waals surface area (Å²) in [6.45, 7) is 2.21. The number of carbonyl (C=O) groups is 2. The Hall–Kier alpha value is -2.14. The van der Waals surface area contributed by atoms with E-state index in [9.17, 15) is 50.4 Å². The maximum atomic E-state index is 13.2. The van der Waals surface area contributed by atoms with Gasteiger partial charge in [0.2, 0.25) is 0 Å². The Kier molecular flexibility index (Phi) is 8.66. The fourth-order valence-corrected chi connectivity index (χ4v) is 7.54. The van der Waals surface area contributed by atoms with E-state index in [0.29, 0.717) is 5.56 Å². The first-order valence-corrected chi connectivity index (χ1v) is 13.5. The first-order valence-electron chi connectivity index (χ1n) is 13.5. The topological polar surface area (TPSA) is 237 Å². The molecule has 232 valence electrons. The van der Waals surface area contributed by atoms with E-state index >= 15 is 0 Å². The molecule has 0 unspecified atom stereocenters. The summed E-state index contributed by atoms with van der Waals surface area (Å²) in [5.41, 5.74) is -7.93. The van der Waals surface area contributed by atoms with Crippen molar-refractivity contribution in [2.24, 2.45) is 16.7 Å². The van der Waals surface area contributed by atoms with Crippen molar-refractivity contribution in [1.29, 1.82) is 0 Å². The van der Waals surface area contributed by atoms with Gasteiger partial charge in [0.25, 0.3) is 0 Å². The van der Waals surface area contributed by atoms with Crippen molar-refractivity contribution in [3.05, 3.63) is 24.2 Å². The van der Waals surface area contributed by atoms with E-state index in [1.807, 2.05) is 0 Å². The van der Waals surface area contributed by atoms with Crippen LogP contribution in [0.2, 0.25) is 0 Å². The van der Waals surface area contributed by atoms with Crippen LogP contribution in [0.4, 0.5) is 0 Å². The zero-order valence-corrected chi connectivity index (χ0v) is 23.1. The van der Waals surface area contributed by atoms with E-state index in [4.69, 9.17) is 18.6 Å². The minimum Gasteiger partial charge on any atom is -0.479 e. The lowest BCUT2D eigenvalue weighted by atomic mass is 9.40. The molecule has 8 N–H and O–H groups in total. The number of hydrogen-bond donors (Lipinski definition) is 8. The maximum absolute atomic E-state index is 13.2. The third-order valence-corrected chi connectivity index (χ3v) is 10.1. The molecule has 1 aromatic rings. The minimum absolute atomic E-state index is 0.104. The van der Waals surface area contributed by atoms with E-state index in [1.54, 1.807) is 0 Å². The summed E-state index contributed by atoms with van der Waals surface area (Å²) in [6.07, 6.45) is -9.41. The summed E-state index contributed by atoms with van der Waals surface area (Å²) >= 11 is 0. The van der Waals surface area contributed by atoms with Crippen molar-refractivity contribution in [1.82, 2.24) is 0 Å². The van der Waals surface area contributed by atoms with Gasteiger partial charge in [0.15, 0.2) is 17.5 Å². The number of methoxy groups -OCH3 is 1. The lowest BCUT2D eigenvalue weighted by Gasteiger charge is -2.66. The van der Waals surface area contributed by atoms with E-state index in [0.717, 1.165) is 7.11 Å². The first kappa shape index (κ1) is 31.8. The predicted molar refractivity (Wildman–Crippen MR) is 135 cm³/mol. The van der Waals surface area contributed by atoms with Crippen LogP contribution in [-0.4, -0.2) is 115 Å². The highest BCUT2D eigenvalue weighted by Gasteiger charge is 2.75. The maximum Gasteiger partial charge on any atom is 0.338 e. The van der Waals surface area contributed by atoms with Crippen LogP contribution in [-0.2, 0) is 23.8 Å². The van der Waals surface area contributed by atoms with Crippen LogP contribution in [0.5, 0.6) is 0 Å². The molecule has 2 heterocycles. The van der Waals surface area contributed by atoms with Crippen LogP contribution in [0.3, 0.4) is 0 Å². The number of carbonyl (C=O) groups excluding carboxylic acids is 1. The number of aliphatic carboxylic acids is 1. The van der Waals surface area contributed by atoms with Crippen LogP contribution in [0.15, 0.2) is 23.0 Å². The quantitative estimate of drug-likeness (QED) is 0.167. The summed E-state index contributed by atoms with van der Waals surface area (Å²) in [5, 5.41) is 86.3.